The molecule has 4 amide bonds. The van der Waals surface area contributed by atoms with Gasteiger partial charge in [0, 0.05) is 92.3 Å². The molecule has 4 N–H and O–H groups in total. The fourth-order valence-corrected chi connectivity index (χ4v) is 7.98. The number of aromatic nitrogens is 2. The van der Waals surface area contributed by atoms with Crippen molar-refractivity contribution in [3.8, 4) is 5.75 Å². The Kier molecular flexibility index (Phi) is 13.7. The van der Waals surface area contributed by atoms with Gasteiger partial charge in [-0.1, -0.05) is 43.0 Å². The Morgan fingerprint density at radius 1 is 0.983 bits per heavy atom. The minimum Gasteiger partial charge on any atom is -0.494 e. The molecule has 2 fully saturated rings. The first-order chi connectivity index (χ1) is 28.7. The van der Waals surface area contributed by atoms with Crippen LogP contribution in [0.1, 0.15) is 60.9 Å². The Balaban J connectivity index is 0.778. The van der Waals surface area contributed by atoms with E-state index in [0.29, 0.717) is 58.9 Å². The first-order valence-electron chi connectivity index (χ1n) is 20.1. The number of carbonyl (C=O) groups is 4. The number of hydrogen-bond acceptors (Lipinski definition) is 11. The highest BCUT2D eigenvalue weighted by atomic mass is 35.5. The first kappa shape index (κ1) is 41.5. The molecule has 0 bridgehead atoms. The predicted molar refractivity (Wildman–Crippen MR) is 225 cm³/mol. The maximum atomic E-state index is 13.7. The molecule has 1 atom stereocenters. The number of benzene rings is 3. The van der Waals surface area contributed by atoms with Crippen LogP contribution in [-0.4, -0.2) is 107 Å². The highest BCUT2D eigenvalue weighted by molar-refractivity contribution is 6.31. The number of unbranched alkanes of at least 4 members (excludes halogenated alkanes) is 4. The molecule has 3 aromatic carbocycles. The second-order valence-electron chi connectivity index (χ2n) is 15.0. The second-order valence-corrected chi connectivity index (χ2v) is 15.4. The Morgan fingerprint density at radius 3 is 2.58 bits per heavy atom. The fourth-order valence-electron chi connectivity index (χ4n) is 7.80. The lowest BCUT2D eigenvalue weighted by Gasteiger charge is -2.34. The normalized spacial score (nSPS) is 17.4. The van der Waals surface area contributed by atoms with Gasteiger partial charge in [-0.15, -0.1) is 0 Å². The van der Waals surface area contributed by atoms with E-state index in [-0.39, 0.29) is 29.2 Å². The number of piperazine rings is 1. The number of fused-ring (bicyclic) bond motifs is 2. The average Bonchev–Trinajstić information content (AvgIpc) is 3.56. The van der Waals surface area contributed by atoms with E-state index in [1.165, 1.54) is 38.1 Å². The number of nitrogens with one attached hydrogen (secondary N) is 4. The lowest BCUT2D eigenvalue weighted by Crippen LogP contribution is -2.52. The summed E-state index contributed by atoms with van der Waals surface area (Å²) in [5.41, 5.74) is 4.08. The molecule has 4 aromatic rings. The van der Waals surface area contributed by atoms with Gasteiger partial charge in [0.1, 0.15) is 29.8 Å². The molecule has 59 heavy (non-hydrogen) atoms. The SMILES string of the molecule is COc1cc2ncnc(Nc3ccc(F)c(Cl)c3)c2cc1NC(=O)/C=C/CN1CCN(CCCCCCCNc2cccc3c2CN(C2CCC(=O)NC2=O)C3=O)CC1. The van der Waals surface area contributed by atoms with Crippen LogP contribution >= 0.6 is 11.6 Å². The van der Waals surface area contributed by atoms with E-state index in [9.17, 15) is 23.6 Å². The number of imide groups is 1. The van der Waals surface area contributed by atoms with Crippen molar-refractivity contribution >= 4 is 69.0 Å². The van der Waals surface area contributed by atoms with Gasteiger partial charge in [0.05, 0.1) is 23.3 Å². The number of hydrogen-bond donors (Lipinski definition) is 4. The van der Waals surface area contributed by atoms with E-state index in [1.807, 2.05) is 24.3 Å². The number of anilines is 4. The van der Waals surface area contributed by atoms with Crippen LogP contribution < -0.4 is 26.0 Å². The highest BCUT2D eigenvalue weighted by Crippen LogP contribution is 2.34. The van der Waals surface area contributed by atoms with Crippen LogP contribution in [-0.2, 0) is 20.9 Å². The number of halogens is 2. The molecule has 4 heterocycles. The summed E-state index contributed by atoms with van der Waals surface area (Å²) in [6, 6.07) is 12.8. The van der Waals surface area contributed by atoms with E-state index >= 15 is 0 Å². The fraction of sp³-hybridized carbons (Fsp3) is 0.395. The van der Waals surface area contributed by atoms with Gasteiger partial charge in [-0.05, 0) is 62.2 Å². The summed E-state index contributed by atoms with van der Waals surface area (Å²) in [5.74, 6) is -0.727. The van der Waals surface area contributed by atoms with Gasteiger partial charge >= 0.3 is 0 Å². The van der Waals surface area contributed by atoms with Crippen LogP contribution in [0.25, 0.3) is 10.9 Å². The number of methoxy groups -OCH3 is 1. The third-order valence-electron chi connectivity index (χ3n) is 11.0. The Labute approximate surface area is 347 Å². The van der Waals surface area contributed by atoms with Gasteiger partial charge in [-0.3, -0.25) is 29.4 Å². The van der Waals surface area contributed by atoms with Crippen molar-refractivity contribution in [3.05, 3.63) is 89.0 Å². The molecule has 14 nitrogen and oxygen atoms in total. The minimum absolute atomic E-state index is 0.0137. The molecule has 0 saturated carbocycles. The highest BCUT2D eigenvalue weighted by Gasteiger charge is 2.39. The topological polar surface area (TPSA) is 161 Å². The smallest absolute Gasteiger partial charge is 0.255 e. The van der Waals surface area contributed by atoms with Gasteiger partial charge in [0.15, 0.2) is 0 Å². The van der Waals surface area contributed by atoms with Crippen LogP contribution in [0.5, 0.6) is 5.75 Å². The third-order valence-corrected chi connectivity index (χ3v) is 11.3. The molecule has 3 aliphatic heterocycles. The predicted octanol–water partition coefficient (Wildman–Crippen LogP) is 6.11. The molecule has 1 unspecified atom stereocenters. The van der Waals surface area contributed by atoms with Crippen LogP contribution in [0.2, 0.25) is 5.02 Å². The van der Waals surface area contributed by atoms with Crippen LogP contribution in [0.4, 0.5) is 27.3 Å². The number of carbonyl (C=O) groups excluding carboxylic acids is 4. The minimum atomic E-state index is -0.614. The molecular formula is C43H49ClFN9O5. The molecule has 310 valence electrons. The Morgan fingerprint density at radius 2 is 1.78 bits per heavy atom. The van der Waals surface area contributed by atoms with Crippen LogP contribution in [0.15, 0.2) is 67.0 Å². The zero-order valence-electron chi connectivity index (χ0n) is 33.1. The summed E-state index contributed by atoms with van der Waals surface area (Å²) in [5, 5.41) is 12.6. The van der Waals surface area contributed by atoms with Gasteiger partial charge in [-0.25, -0.2) is 14.4 Å². The molecule has 1 aromatic heterocycles. The van der Waals surface area contributed by atoms with Crippen molar-refractivity contribution in [1.29, 1.82) is 0 Å². The zero-order chi connectivity index (χ0) is 41.3. The van der Waals surface area contributed by atoms with Gasteiger partial charge < -0.3 is 30.5 Å². The van der Waals surface area contributed by atoms with Gasteiger partial charge in [0.25, 0.3) is 5.91 Å². The number of rotatable bonds is 17. The number of ether oxygens (including phenoxy) is 1. The monoisotopic (exact) mass is 825 g/mol. The Bertz CT molecular complexity index is 2230. The third kappa shape index (κ3) is 10.3. The van der Waals surface area contributed by atoms with Crippen LogP contribution in [0, 0.1) is 5.82 Å². The molecule has 0 radical (unpaired) electrons. The van der Waals surface area contributed by atoms with E-state index < -0.39 is 17.8 Å². The molecule has 3 aliphatic rings. The summed E-state index contributed by atoms with van der Waals surface area (Å²) >= 11 is 5.96. The molecule has 0 spiro atoms. The zero-order valence-corrected chi connectivity index (χ0v) is 33.8. The quantitative estimate of drug-likeness (QED) is 0.0553. The van der Waals surface area contributed by atoms with Crippen LogP contribution in [0.3, 0.4) is 0 Å². The van der Waals surface area contributed by atoms with Gasteiger partial charge in [-0.2, -0.15) is 0 Å². The van der Waals surface area contributed by atoms with Crippen molar-refractivity contribution in [2.45, 2.75) is 57.5 Å². The summed E-state index contributed by atoms with van der Waals surface area (Å²) in [6.07, 6.45) is 11.0. The maximum absolute atomic E-state index is 13.7. The standard InChI is InChI=1S/C43H49ClFN9O5/c1-59-38-25-35-30(41(48-27-47-35)49-28-12-13-33(45)32(44)23-28)24-36(38)50-39(55)11-8-18-53-21-19-52(20-22-53)17-6-4-2-3-5-16-46-34-10-7-9-29-31(34)26-54(43(29)58)37-14-15-40(56)51-42(37)57/h7-13,23-25,27,37,46H,2-6,14-22,26H2,1H3,(H,50,55)(H,47,48,49)(H,51,56,57)/b11-8+. The number of amides is 4. The molecule has 2 saturated heterocycles. The second kappa shape index (κ2) is 19.4. The van der Waals surface area contributed by atoms with E-state index in [2.05, 4.69) is 41.0 Å². The number of nitrogens with zero attached hydrogens (tertiary/aromatic N) is 5. The summed E-state index contributed by atoms with van der Waals surface area (Å²) in [6.45, 7) is 6.78. The van der Waals surface area contributed by atoms with Crippen molar-refractivity contribution in [2.75, 3.05) is 68.9 Å². The van der Waals surface area contributed by atoms with Crippen molar-refractivity contribution in [1.82, 2.24) is 30.0 Å². The maximum Gasteiger partial charge on any atom is 0.255 e. The van der Waals surface area contributed by atoms with E-state index in [4.69, 9.17) is 16.3 Å². The van der Waals surface area contributed by atoms with Gasteiger partial charge in [0.2, 0.25) is 17.7 Å². The number of piperidine rings is 1. The van der Waals surface area contributed by atoms with Crippen molar-refractivity contribution in [3.63, 3.8) is 0 Å². The summed E-state index contributed by atoms with van der Waals surface area (Å²) in [4.78, 5) is 65.2. The van der Waals surface area contributed by atoms with Crippen molar-refractivity contribution < 1.29 is 28.3 Å². The Hall–Kier alpha value is -5.64. The van der Waals surface area contributed by atoms with E-state index in [0.717, 1.165) is 76.2 Å². The molecular weight excluding hydrogens is 777 g/mol. The average molecular weight is 826 g/mol. The van der Waals surface area contributed by atoms with E-state index in [1.54, 1.807) is 23.1 Å². The summed E-state index contributed by atoms with van der Waals surface area (Å²) in [7, 11) is 1.53. The first-order valence-corrected chi connectivity index (χ1v) is 20.5. The van der Waals surface area contributed by atoms with Crippen molar-refractivity contribution in [2.24, 2.45) is 0 Å². The largest absolute Gasteiger partial charge is 0.494 e. The molecule has 7 rings (SSSR count). The lowest BCUT2D eigenvalue weighted by atomic mass is 10.0. The summed E-state index contributed by atoms with van der Waals surface area (Å²) < 4.78 is 19.2. The lowest BCUT2D eigenvalue weighted by molar-refractivity contribution is -0.137. The molecule has 0 aliphatic carbocycles. The molecule has 16 heteroatoms.